The molecule has 3 heterocycles. The molecule has 8 heteroatoms. The minimum atomic E-state index is -0.371. The van der Waals surface area contributed by atoms with E-state index < -0.39 is 0 Å². The number of hydrogen-bond donors (Lipinski definition) is 1. The van der Waals surface area contributed by atoms with Gasteiger partial charge in [0.2, 0.25) is 0 Å². The number of imide groups is 1. The van der Waals surface area contributed by atoms with Crippen molar-refractivity contribution in [3.63, 3.8) is 0 Å². The smallest absolute Gasteiger partial charge is 0.266 e. The largest absolute Gasteiger partial charge is 0.346 e. The molecule has 0 bridgehead atoms. The summed E-state index contributed by atoms with van der Waals surface area (Å²) in [5, 5.41) is 3.41. The number of benzene rings is 2. The maximum atomic E-state index is 12.6. The van der Waals surface area contributed by atoms with E-state index in [1.165, 1.54) is 0 Å². The van der Waals surface area contributed by atoms with Crippen LogP contribution in [0.1, 0.15) is 36.8 Å². The first kappa shape index (κ1) is 19.0. The highest BCUT2D eigenvalue weighted by Crippen LogP contribution is 2.28. The fraction of sp³-hybridized carbons (Fsp3) is 0.0435. The highest BCUT2D eigenvalue weighted by Gasteiger charge is 2.36. The molecule has 2 aromatic carbocycles. The Morgan fingerprint density at radius 2 is 1.58 bits per heavy atom. The molecule has 0 aliphatic carbocycles. The Labute approximate surface area is 181 Å². The number of carbonyl (C=O) groups excluding carboxylic acids is 3. The Balaban J connectivity index is 1.29. The molecule has 1 N–H and O–H groups in total. The Bertz CT molecular complexity index is 1330. The zero-order valence-corrected chi connectivity index (χ0v) is 16.8. The maximum absolute atomic E-state index is 12.6. The van der Waals surface area contributed by atoms with Gasteiger partial charge in [-0.15, -0.1) is 0 Å². The standard InChI is InChI=1S/C23H15ClN4O3/c24-15-7-10-20-26-16(13-27(20)12-15)11-25-21(29)14-5-8-17(9-6-14)28-22(30)18-3-1-2-4-19(18)23(28)31/h1-10,12-13H,11H2,(H,25,29). The van der Waals surface area contributed by atoms with E-state index in [1.807, 2.05) is 0 Å². The lowest BCUT2D eigenvalue weighted by Crippen LogP contribution is -2.29. The molecule has 31 heavy (non-hydrogen) atoms. The number of rotatable bonds is 4. The van der Waals surface area contributed by atoms with Gasteiger partial charge in [-0.25, -0.2) is 9.88 Å². The van der Waals surface area contributed by atoms with Gasteiger partial charge in [0.15, 0.2) is 0 Å². The van der Waals surface area contributed by atoms with Crippen molar-refractivity contribution >= 4 is 40.7 Å². The summed E-state index contributed by atoms with van der Waals surface area (Å²) >= 11 is 5.98. The van der Waals surface area contributed by atoms with Crippen LogP contribution in [0.2, 0.25) is 5.02 Å². The van der Waals surface area contributed by atoms with Crippen molar-refractivity contribution in [2.45, 2.75) is 6.54 Å². The van der Waals surface area contributed by atoms with Crippen LogP contribution in [0.25, 0.3) is 5.65 Å². The monoisotopic (exact) mass is 430 g/mol. The number of anilines is 1. The van der Waals surface area contributed by atoms with E-state index in [9.17, 15) is 14.4 Å². The zero-order chi connectivity index (χ0) is 21.5. The minimum Gasteiger partial charge on any atom is -0.346 e. The van der Waals surface area contributed by atoms with Crippen molar-refractivity contribution in [3.8, 4) is 0 Å². The lowest BCUT2D eigenvalue weighted by atomic mass is 10.1. The van der Waals surface area contributed by atoms with Gasteiger partial charge in [0.1, 0.15) is 5.65 Å². The van der Waals surface area contributed by atoms with Crippen molar-refractivity contribution in [3.05, 3.63) is 100 Å². The average Bonchev–Trinajstić information content (AvgIpc) is 3.30. The van der Waals surface area contributed by atoms with Gasteiger partial charge in [-0.3, -0.25) is 14.4 Å². The topological polar surface area (TPSA) is 83.8 Å². The van der Waals surface area contributed by atoms with Crippen LogP contribution in [0.5, 0.6) is 0 Å². The van der Waals surface area contributed by atoms with Gasteiger partial charge in [-0.1, -0.05) is 23.7 Å². The molecule has 152 valence electrons. The fourth-order valence-corrected chi connectivity index (χ4v) is 3.73. The zero-order valence-electron chi connectivity index (χ0n) is 16.1. The summed E-state index contributed by atoms with van der Waals surface area (Å²) in [4.78, 5) is 43.2. The lowest BCUT2D eigenvalue weighted by Gasteiger charge is -2.14. The SMILES string of the molecule is O=C(NCc1cn2cc(Cl)ccc2n1)c1ccc(N2C(=O)c3ccccc3C2=O)cc1. The van der Waals surface area contributed by atoms with Gasteiger partial charge in [0, 0.05) is 18.0 Å². The number of aromatic nitrogens is 2. The molecule has 0 saturated heterocycles. The highest BCUT2D eigenvalue weighted by atomic mass is 35.5. The Morgan fingerprint density at radius 3 is 2.26 bits per heavy atom. The summed E-state index contributed by atoms with van der Waals surface area (Å²) in [5.74, 6) is -1.03. The Hall–Kier alpha value is -3.97. The number of fused-ring (bicyclic) bond motifs is 2. The van der Waals surface area contributed by atoms with E-state index in [0.29, 0.717) is 33.1 Å². The number of halogens is 1. The van der Waals surface area contributed by atoms with E-state index >= 15 is 0 Å². The van der Waals surface area contributed by atoms with E-state index in [0.717, 1.165) is 10.5 Å². The van der Waals surface area contributed by atoms with Gasteiger partial charge < -0.3 is 9.72 Å². The number of carbonyl (C=O) groups is 3. The second kappa shape index (κ2) is 7.37. The fourth-order valence-electron chi connectivity index (χ4n) is 3.56. The summed E-state index contributed by atoms with van der Waals surface area (Å²) < 4.78 is 1.79. The predicted molar refractivity (Wildman–Crippen MR) is 115 cm³/mol. The maximum Gasteiger partial charge on any atom is 0.266 e. The number of hydrogen-bond acceptors (Lipinski definition) is 4. The van der Waals surface area contributed by atoms with Gasteiger partial charge in [0.25, 0.3) is 17.7 Å². The third kappa shape index (κ3) is 3.35. The number of amides is 3. The van der Waals surface area contributed by atoms with Crippen molar-refractivity contribution in [2.24, 2.45) is 0 Å². The lowest BCUT2D eigenvalue weighted by molar-refractivity contribution is 0.0923. The van der Waals surface area contributed by atoms with Crippen LogP contribution >= 0.6 is 11.6 Å². The summed E-state index contributed by atoms with van der Waals surface area (Å²) in [5.41, 5.74) is 3.01. The van der Waals surface area contributed by atoms with Crippen molar-refractivity contribution in [1.29, 1.82) is 0 Å². The predicted octanol–water partition coefficient (Wildman–Crippen LogP) is 3.72. The molecule has 0 spiro atoms. The van der Waals surface area contributed by atoms with E-state index in [2.05, 4.69) is 10.3 Å². The molecule has 0 atom stereocenters. The molecule has 0 saturated carbocycles. The third-order valence-corrected chi connectivity index (χ3v) is 5.30. The van der Waals surface area contributed by atoms with Crippen molar-refractivity contribution in [1.82, 2.24) is 14.7 Å². The van der Waals surface area contributed by atoms with Crippen molar-refractivity contribution < 1.29 is 14.4 Å². The normalized spacial score (nSPS) is 13.0. The molecule has 5 rings (SSSR count). The summed E-state index contributed by atoms with van der Waals surface area (Å²) in [6.07, 6.45) is 3.54. The first-order chi connectivity index (χ1) is 15.0. The number of imidazole rings is 1. The molecule has 1 aliphatic rings. The van der Waals surface area contributed by atoms with Crippen LogP contribution in [-0.2, 0) is 6.54 Å². The third-order valence-electron chi connectivity index (χ3n) is 5.08. The average molecular weight is 431 g/mol. The van der Waals surface area contributed by atoms with Gasteiger partial charge in [0.05, 0.1) is 34.1 Å². The second-order valence-electron chi connectivity index (χ2n) is 7.07. The molecular weight excluding hydrogens is 416 g/mol. The summed E-state index contributed by atoms with van der Waals surface area (Å²) in [6.45, 7) is 0.248. The summed E-state index contributed by atoms with van der Waals surface area (Å²) in [6, 6.07) is 16.6. The van der Waals surface area contributed by atoms with Crippen LogP contribution in [0.15, 0.2) is 73.1 Å². The first-order valence-corrected chi connectivity index (χ1v) is 9.88. The molecule has 1 aliphatic heterocycles. The second-order valence-corrected chi connectivity index (χ2v) is 7.50. The Kier molecular flexibility index (Phi) is 4.52. The molecule has 0 fully saturated rings. The minimum absolute atomic E-state index is 0.248. The van der Waals surface area contributed by atoms with Crippen LogP contribution in [0.4, 0.5) is 5.69 Å². The van der Waals surface area contributed by atoms with Gasteiger partial charge >= 0.3 is 0 Å². The molecule has 4 aromatic rings. The van der Waals surface area contributed by atoms with Gasteiger partial charge in [-0.2, -0.15) is 0 Å². The Morgan fingerprint density at radius 1 is 0.903 bits per heavy atom. The van der Waals surface area contributed by atoms with E-state index in [1.54, 1.807) is 77.5 Å². The van der Waals surface area contributed by atoms with E-state index in [-0.39, 0.29) is 24.3 Å². The number of nitrogens with zero attached hydrogens (tertiary/aromatic N) is 3. The van der Waals surface area contributed by atoms with Gasteiger partial charge in [-0.05, 0) is 48.5 Å². The molecule has 0 unspecified atom stereocenters. The molecule has 0 radical (unpaired) electrons. The molecule has 2 aromatic heterocycles. The quantitative estimate of drug-likeness (QED) is 0.500. The molecule has 3 amide bonds. The molecular formula is C23H15ClN4O3. The van der Waals surface area contributed by atoms with E-state index in [4.69, 9.17) is 11.6 Å². The van der Waals surface area contributed by atoms with Crippen molar-refractivity contribution in [2.75, 3.05) is 4.90 Å². The van der Waals surface area contributed by atoms with Crippen LogP contribution in [0.3, 0.4) is 0 Å². The highest BCUT2D eigenvalue weighted by molar-refractivity contribution is 6.34. The van der Waals surface area contributed by atoms with Crippen LogP contribution in [0, 0.1) is 0 Å². The van der Waals surface area contributed by atoms with Crippen LogP contribution in [-0.4, -0.2) is 27.1 Å². The van der Waals surface area contributed by atoms with Crippen LogP contribution < -0.4 is 10.2 Å². The first-order valence-electron chi connectivity index (χ1n) is 9.50. The number of pyridine rings is 1. The molecule has 7 nitrogen and oxygen atoms in total. The summed E-state index contributed by atoms with van der Waals surface area (Å²) in [7, 11) is 0. The number of nitrogens with one attached hydrogen (secondary N) is 1.